The summed E-state index contributed by atoms with van der Waals surface area (Å²) in [5.74, 6) is 0.462. The molecule has 130 valence electrons. The largest absolute Gasteiger partial charge is 0.315 e. The highest BCUT2D eigenvalue weighted by atomic mass is 35.5. The third-order valence-corrected chi connectivity index (χ3v) is 4.51. The van der Waals surface area contributed by atoms with Crippen LogP contribution in [0.3, 0.4) is 0 Å². The van der Waals surface area contributed by atoms with Crippen LogP contribution in [0.5, 0.6) is 0 Å². The zero-order valence-electron chi connectivity index (χ0n) is 13.7. The van der Waals surface area contributed by atoms with Crippen molar-refractivity contribution in [3.8, 4) is 17.1 Å². The molecule has 4 rings (SSSR count). The molecule has 0 atom stereocenters. The molecule has 8 heteroatoms. The second-order valence-electron chi connectivity index (χ2n) is 5.62. The Hall–Kier alpha value is -2.70. The number of halogens is 2. The fraction of sp³-hybridized carbons (Fsp3) is 0.111. The highest BCUT2D eigenvalue weighted by Gasteiger charge is 2.18. The zero-order valence-corrected chi connectivity index (χ0v) is 15.2. The minimum Gasteiger partial charge on any atom is -0.315 e. The van der Waals surface area contributed by atoms with Gasteiger partial charge in [0.1, 0.15) is 11.0 Å². The molecule has 0 aliphatic rings. The fourth-order valence-electron chi connectivity index (χ4n) is 2.79. The van der Waals surface area contributed by atoms with Crippen LogP contribution in [-0.2, 0) is 6.54 Å². The first-order valence-electron chi connectivity index (χ1n) is 7.94. The van der Waals surface area contributed by atoms with Gasteiger partial charge in [-0.2, -0.15) is 0 Å². The third-order valence-electron chi connectivity index (χ3n) is 4.05. The SMILES string of the molecule is CCn1cnc2c(=O)n(-c3ccc(Cl)cc3)c(-c3ccnc(Cl)c3)nc21. The van der Waals surface area contributed by atoms with E-state index in [0.717, 1.165) is 0 Å². The fourth-order valence-corrected chi connectivity index (χ4v) is 3.09. The van der Waals surface area contributed by atoms with Gasteiger partial charge in [0.05, 0.1) is 12.0 Å². The molecule has 0 saturated heterocycles. The number of aryl methyl sites for hydroxylation is 1. The van der Waals surface area contributed by atoms with Gasteiger partial charge in [-0.05, 0) is 43.3 Å². The number of imidazole rings is 1. The van der Waals surface area contributed by atoms with E-state index in [1.54, 1.807) is 48.9 Å². The predicted octanol–water partition coefficient (Wildman–Crippen LogP) is 3.97. The number of rotatable bonds is 3. The standard InChI is InChI=1S/C18H13Cl2N5O/c1-2-24-10-22-15-17(24)23-16(11-7-8-21-14(20)9-11)25(18(15)26)13-5-3-12(19)4-6-13/h3-10H,2H2,1H3. The number of hydrogen-bond donors (Lipinski definition) is 0. The van der Waals surface area contributed by atoms with Crippen LogP contribution in [0.1, 0.15) is 6.92 Å². The van der Waals surface area contributed by atoms with Gasteiger partial charge in [0, 0.05) is 23.3 Å². The van der Waals surface area contributed by atoms with Crippen molar-refractivity contribution in [2.45, 2.75) is 13.5 Å². The van der Waals surface area contributed by atoms with Crippen molar-refractivity contribution in [1.29, 1.82) is 0 Å². The van der Waals surface area contributed by atoms with Crippen LogP contribution in [0.2, 0.25) is 10.2 Å². The lowest BCUT2D eigenvalue weighted by Gasteiger charge is -2.13. The summed E-state index contributed by atoms with van der Waals surface area (Å²) in [5, 5.41) is 0.906. The summed E-state index contributed by atoms with van der Waals surface area (Å²) in [5.41, 5.74) is 1.91. The van der Waals surface area contributed by atoms with Crippen LogP contribution < -0.4 is 5.56 Å². The summed E-state index contributed by atoms with van der Waals surface area (Å²) in [6.45, 7) is 2.63. The van der Waals surface area contributed by atoms with Gasteiger partial charge in [0.25, 0.3) is 5.56 Å². The summed E-state index contributed by atoms with van der Waals surface area (Å²) >= 11 is 12.0. The van der Waals surface area contributed by atoms with Crippen LogP contribution in [0, 0.1) is 0 Å². The van der Waals surface area contributed by atoms with Crippen LogP contribution in [0.4, 0.5) is 0 Å². The van der Waals surface area contributed by atoms with Gasteiger partial charge in [-0.25, -0.2) is 15.0 Å². The Kier molecular flexibility index (Phi) is 4.22. The molecule has 0 N–H and O–H groups in total. The quantitative estimate of drug-likeness (QED) is 0.500. The van der Waals surface area contributed by atoms with E-state index in [1.807, 2.05) is 11.5 Å². The van der Waals surface area contributed by atoms with Crippen molar-refractivity contribution in [3.63, 3.8) is 0 Å². The zero-order chi connectivity index (χ0) is 18.3. The van der Waals surface area contributed by atoms with Gasteiger partial charge >= 0.3 is 0 Å². The summed E-state index contributed by atoms with van der Waals surface area (Å²) in [6.07, 6.45) is 3.20. The molecule has 1 aromatic carbocycles. The van der Waals surface area contributed by atoms with E-state index in [4.69, 9.17) is 28.2 Å². The molecule has 0 amide bonds. The smallest absolute Gasteiger partial charge is 0.286 e. The van der Waals surface area contributed by atoms with Gasteiger partial charge in [-0.3, -0.25) is 9.36 Å². The third kappa shape index (κ3) is 2.77. The summed E-state index contributed by atoms with van der Waals surface area (Å²) in [6, 6.07) is 10.4. The number of benzene rings is 1. The lowest BCUT2D eigenvalue weighted by molar-refractivity contribution is 0.776. The molecule has 0 fully saturated rings. The molecule has 26 heavy (non-hydrogen) atoms. The van der Waals surface area contributed by atoms with E-state index in [0.29, 0.717) is 45.0 Å². The molecule has 0 saturated carbocycles. The molecular formula is C18H13Cl2N5O. The predicted molar refractivity (Wildman–Crippen MR) is 102 cm³/mol. The van der Waals surface area contributed by atoms with Crippen molar-refractivity contribution in [2.24, 2.45) is 0 Å². The molecule has 0 spiro atoms. The summed E-state index contributed by atoms with van der Waals surface area (Å²) in [7, 11) is 0. The van der Waals surface area contributed by atoms with Crippen LogP contribution >= 0.6 is 23.2 Å². The molecule has 6 nitrogen and oxygen atoms in total. The molecule has 3 heterocycles. The number of nitrogens with zero attached hydrogens (tertiary/aromatic N) is 5. The van der Waals surface area contributed by atoms with Crippen LogP contribution in [0.25, 0.3) is 28.2 Å². The first kappa shape index (κ1) is 16.8. The van der Waals surface area contributed by atoms with Crippen molar-refractivity contribution < 1.29 is 0 Å². The van der Waals surface area contributed by atoms with Gasteiger partial charge in [0.15, 0.2) is 11.2 Å². The minimum absolute atomic E-state index is 0.257. The number of aromatic nitrogens is 5. The maximum Gasteiger partial charge on any atom is 0.286 e. The number of hydrogen-bond acceptors (Lipinski definition) is 4. The van der Waals surface area contributed by atoms with E-state index in [9.17, 15) is 4.79 Å². The molecule has 0 radical (unpaired) electrons. The highest BCUT2D eigenvalue weighted by Crippen LogP contribution is 2.24. The second kappa shape index (κ2) is 6.55. The van der Waals surface area contributed by atoms with E-state index >= 15 is 0 Å². The average Bonchev–Trinajstić information content (AvgIpc) is 3.06. The van der Waals surface area contributed by atoms with Gasteiger partial charge in [-0.1, -0.05) is 23.2 Å². The van der Waals surface area contributed by atoms with E-state index in [1.165, 1.54) is 4.57 Å². The summed E-state index contributed by atoms with van der Waals surface area (Å²) < 4.78 is 3.34. The van der Waals surface area contributed by atoms with E-state index in [-0.39, 0.29) is 5.56 Å². The van der Waals surface area contributed by atoms with Gasteiger partial charge in [-0.15, -0.1) is 0 Å². The van der Waals surface area contributed by atoms with Crippen molar-refractivity contribution >= 4 is 34.4 Å². The van der Waals surface area contributed by atoms with Crippen LogP contribution in [-0.4, -0.2) is 24.1 Å². The molecule has 3 aromatic heterocycles. The average molecular weight is 386 g/mol. The topological polar surface area (TPSA) is 65.6 Å². The Morgan fingerprint density at radius 3 is 2.54 bits per heavy atom. The van der Waals surface area contributed by atoms with E-state index in [2.05, 4.69) is 9.97 Å². The molecular weight excluding hydrogens is 373 g/mol. The molecule has 0 unspecified atom stereocenters. The molecule has 4 aromatic rings. The Morgan fingerprint density at radius 2 is 1.85 bits per heavy atom. The molecule has 0 aliphatic carbocycles. The Labute approximate surface area is 158 Å². The van der Waals surface area contributed by atoms with Gasteiger partial charge in [0.2, 0.25) is 0 Å². The first-order chi connectivity index (χ1) is 12.6. The Balaban J connectivity index is 2.11. The number of pyridine rings is 1. The van der Waals surface area contributed by atoms with E-state index < -0.39 is 0 Å². The minimum atomic E-state index is -0.257. The van der Waals surface area contributed by atoms with Gasteiger partial charge < -0.3 is 4.57 Å². The molecule has 0 bridgehead atoms. The number of fused-ring (bicyclic) bond motifs is 1. The molecule has 0 aliphatic heterocycles. The maximum atomic E-state index is 13.2. The lowest BCUT2D eigenvalue weighted by Crippen LogP contribution is -2.22. The summed E-state index contributed by atoms with van der Waals surface area (Å²) in [4.78, 5) is 26.2. The highest BCUT2D eigenvalue weighted by molar-refractivity contribution is 6.30. The lowest BCUT2D eigenvalue weighted by atomic mass is 10.2. The van der Waals surface area contributed by atoms with Crippen LogP contribution in [0.15, 0.2) is 53.7 Å². The normalized spacial score (nSPS) is 11.2. The maximum absolute atomic E-state index is 13.2. The Morgan fingerprint density at radius 1 is 1.08 bits per heavy atom. The monoisotopic (exact) mass is 385 g/mol. The van der Waals surface area contributed by atoms with Crippen molar-refractivity contribution in [1.82, 2.24) is 24.1 Å². The van der Waals surface area contributed by atoms with Crippen molar-refractivity contribution in [2.75, 3.05) is 0 Å². The first-order valence-corrected chi connectivity index (χ1v) is 8.70. The second-order valence-corrected chi connectivity index (χ2v) is 6.45. The van der Waals surface area contributed by atoms with Crippen molar-refractivity contribution in [3.05, 3.63) is 69.5 Å². The Bertz CT molecular complexity index is 1160.